The van der Waals surface area contributed by atoms with Crippen LogP contribution in [0.5, 0.6) is 0 Å². The lowest BCUT2D eigenvalue weighted by atomic mass is 10.0. The van der Waals surface area contributed by atoms with E-state index in [0.29, 0.717) is 6.04 Å². The quantitative estimate of drug-likeness (QED) is 0.842. The molecule has 1 saturated heterocycles. The summed E-state index contributed by atoms with van der Waals surface area (Å²) in [4.78, 5) is 2.69. The van der Waals surface area contributed by atoms with E-state index in [-0.39, 0.29) is 0 Å². The Morgan fingerprint density at radius 1 is 1.26 bits per heavy atom. The lowest BCUT2D eigenvalue weighted by molar-refractivity contribution is 0.197. The first-order valence-electron chi connectivity index (χ1n) is 7.68. The summed E-state index contributed by atoms with van der Waals surface area (Å²) in [6, 6.07) is 12.1. The fourth-order valence-electron chi connectivity index (χ4n) is 3.34. The van der Waals surface area contributed by atoms with Crippen molar-refractivity contribution in [3.8, 4) is 0 Å². The molecule has 0 aromatic heterocycles. The molecule has 0 bridgehead atoms. The zero-order valence-corrected chi connectivity index (χ0v) is 12.6. The van der Waals surface area contributed by atoms with Gasteiger partial charge in [0, 0.05) is 18.6 Å². The van der Waals surface area contributed by atoms with Crippen molar-refractivity contribution in [3.05, 3.63) is 35.9 Å². The number of hydrogen-bond acceptors (Lipinski definition) is 2. The normalized spacial score (nSPS) is 22.0. The molecular formula is C17H28N2. The van der Waals surface area contributed by atoms with Crippen LogP contribution in [-0.2, 0) is 0 Å². The number of benzene rings is 1. The Bertz CT molecular complexity index is 361. The van der Waals surface area contributed by atoms with Crippen molar-refractivity contribution >= 4 is 0 Å². The summed E-state index contributed by atoms with van der Waals surface area (Å²) in [6.45, 7) is 7.21. The molecular weight excluding hydrogens is 232 g/mol. The third-order valence-electron chi connectivity index (χ3n) is 4.44. The van der Waals surface area contributed by atoms with Crippen LogP contribution in [0.15, 0.2) is 30.3 Å². The van der Waals surface area contributed by atoms with Crippen LogP contribution in [0.25, 0.3) is 0 Å². The van der Waals surface area contributed by atoms with Gasteiger partial charge in [-0.1, -0.05) is 44.2 Å². The van der Waals surface area contributed by atoms with E-state index in [0.717, 1.165) is 12.0 Å². The molecule has 0 amide bonds. The molecule has 0 spiro atoms. The maximum Gasteiger partial charge on any atom is 0.0329 e. The van der Waals surface area contributed by atoms with Gasteiger partial charge in [-0.3, -0.25) is 0 Å². The molecule has 106 valence electrons. The first-order chi connectivity index (χ1) is 9.22. The summed E-state index contributed by atoms with van der Waals surface area (Å²) in [6.07, 6.45) is 3.95. The van der Waals surface area contributed by atoms with E-state index in [4.69, 9.17) is 0 Å². The predicted octanol–water partition coefficient (Wildman–Crippen LogP) is 3.46. The fraction of sp³-hybridized carbons (Fsp3) is 0.647. The molecule has 1 aromatic carbocycles. The van der Waals surface area contributed by atoms with Crippen molar-refractivity contribution in [2.24, 2.45) is 5.92 Å². The highest BCUT2D eigenvalue weighted by Gasteiger charge is 2.27. The van der Waals surface area contributed by atoms with Crippen LogP contribution in [0.2, 0.25) is 0 Å². The molecule has 1 N–H and O–H groups in total. The first-order valence-corrected chi connectivity index (χ1v) is 7.68. The summed E-state index contributed by atoms with van der Waals surface area (Å²) < 4.78 is 0. The van der Waals surface area contributed by atoms with Gasteiger partial charge in [-0.15, -0.1) is 0 Å². The minimum Gasteiger partial charge on any atom is -0.313 e. The van der Waals surface area contributed by atoms with Gasteiger partial charge < -0.3 is 10.2 Å². The summed E-state index contributed by atoms with van der Waals surface area (Å²) in [7, 11) is 2.07. The maximum absolute atomic E-state index is 3.46. The van der Waals surface area contributed by atoms with E-state index in [1.807, 2.05) is 0 Å². The van der Waals surface area contributed by atoms with E-state index < -0.39 is 0 Å². The zero-order chi connectivity index (χ0) is 13.7. The predicted molar refractivity (Wildman–Crippen MR) is 82.3 cm³/mol. The fourth-order valence-corrected chi connectivity index (χ4v) is 3.34. The second kappa shape index (κ2) is 7.06. The average molecular weight is 260 g/mol. The molecule has 2 unspecified atom stereocenters. The Balaban J connectivity index is 1.90. The number of nitrogens with zero attached hydrogens (tertiary/aromatic N) is 1. The summed E-state index contributed by atoms with van der Waals surface area (Å²) in [5.41, 5.74) is 1.41. The second-order valence-electron chi connectivity index (χ2n) is 6.03. The minimum absolute atomic E-state index is 0.481. The number of rotatable bonds is 6. The molecule has 2 nitrogen and oxygen atoms in total. The first kappa shape index (κ1) is 14.5. The molecule has 0 aliphatic carbocycles. The van der Waals surface area contributed by atoms with Gasteiger partial charge in [0.05, 0.1) is 0 Å². The van der Waals surface area contributed by atoms with Gasteiger partial charge in [0.2, 0.25) is 0 Å². The van der Waals surface area contributed by atoms with E-state index in [1.165, 1.54) is 37.9 Å². The van der Waals surface area contributed by atoms with Gasteiger partial charge in [0.25, 0.3) is 0 Å². The highest BCUT2D eigenvalue weighted by molar-refractivity contribution is 5.18. The summed E-state index contributed by atoms with van der Waals surface area (Å²) in [5.74, 6) is 0.785. The van der Waals surface area contributed by atoms with Crippen LogP contribution in [0.4, 0.5) is 0 Å². The lowest BCUT2D eigenvalue weighted by Crippen LogP contribution is -2.35. The SMILES string of the molecule is CNC(CCN1CCCC1C(C)C)c1ccccc1. The molecule has 1 heterocycles. The van der Waals surface area contributed by atoms with E-state index >= 15 is 0 Å². The molecule has 1 aliphatic heterocycles. The Kier molecular flexibility index (Phi) is 5.41. The minimum atomic E-state index is 0.481. The van der Waals surface area contributed by atoms with Gasteiger partial charge in [-0.05, 0) is 44.3 Å². The number of hydrogen-bond donors (Lipinski definition) is 1. The molecule has 1 aromatic rings. The second-order valence-corrected chi connectivity index (χ2v) is 6.03. The van der Waals surface area contributed by atoms with Crippen LogP contribution in [0.3, 0.4) is 0 Å². The topological polar surface area (TPSA) is 15.3 Å². The van der Waals surface area contributed by atoms with E-state index in [1.54, 1.807) is 0 Å². The average Bonchev–Trinajstić information content (AvgIpc) is 2.89. The molecule has 2 rings (SSSR count). The third-order valence-corrected chi connectivity index (χ3v) is 4.44. The molecule has 19 heavy (non-hydrogen) atoms. The Morgan fingerprint density at radius 2 is 2.00 bits per heavy atom. The van der Waals surface area contributed by atoms with Crippen molar-refractivity contribution < 1.29 is 0 Å². The van der Waals surface area contributed by atoms with Crippen LogP contribution < -0.4 is 5.32 Å². The lowest BCUT2D eigenvalue weighted by Gasteiger charge is -2.29. The van der Waals surface area contributed by atoms with Crippen molar-refractivity contribution in [1.29, 1.82) is 0 Å². The Morgan fingerprint density at radius 3 is 2.63 bits per heavy atom. The largest absolute Gasteiger partial charge is 0.313 e. The molecule has 1 aliphatic rings. The monoisotopic (exact) mass is 260 g/mol. The van der Waals surface area contributed by atoms with Gasteiger partial charge >= 0.3 is 0 Å². The van der Waals surface area contributed by atoms with Crippen LogP contribution >= 0.6 is 0 Å². The number of nitrogens with one attached hydrogen (secondary N) is 1. The van der Waals surface area contributed by atoms with Gasteiger partial charge in [-0.2, -0.15) is 0 Å². The summed E-state index contributed by atoms with van der Waals surface area (Å²) in [5, 5.41) is 3.46. The number of likely N-dealkylation sites (tertiary alicyclic amines) is 1. The molecule has 2 atom stereocenters. The van der Waals surface area contributed by atoms with Crippen molar-refractivity contribution in [2.75, 3.05) is 20.1 Å². The zero-order valence-electron chi connectivity index (χ0n) is 12.6. The highest BCUT2D eigenvalue weighted by Crippen LogP contribution is 2.25. The molecule has 0 saturated carbocycles. The van der Waals surface area contributed by atoms with Gasteiger partial charge in [0.15, 0.2) is 0 Å². The van der Waals surface area contributed by atoms with Gasteiger partial charge in [-0.25, -0.2) is 0 Å². The van der Waals surface area contributed by atoms with E-state index in [9.17, 15) is 0 Å². The molecule has 2 heteroatoms. The Hall–Kier alpha value is -0.860. The Labute approximate surface area is 118 Å². The molecule has 0 radical (unpaired) electrons. The maximum atomic E-state index is 3.46. The standard InChI is InChI=1S/C17H28N2/c1-14(2)17-10-7-12-19(17)13-11-16(18-3)15-8-5-4-6-9-15/h4-6,8-9,14,16-18H,7,10-13H2,1-3H3. The summed E-state index contributed by atoms with van der Waals surface area (Å²) >= 11 is 0. The van der Waals surface area contributed by atoms with Crippen LogP contribution in [0.1, 0.15) is 44.7 Å². The van der Waals surface area contributed by atoms with Crippen molar-refractivity contribution in [2.45, 2.75) is 45.2 Å². The van der Waals surface area contributed by atoms with Crippen molar-refractivity contribution in [3.63, 3.8) is 0 Å². The van der Waals surface area contributed by atoms with Crippen LogP contribution in [0, 0.1) is 5.92 Å². The van der Waals surface area contributed by atoms with Crippen LogP contribution in [-0.4, -0.2) is 31.1 Å². The van der Waals surface area contributed by atoms with E-state index in [2.05, 4.69) is 61.4 Å². The highest BCUT2D eigenvalue weighted by atomic mass is 15.2. The van der Waals surface area contributed by atoms with Gasteiger partial charge in [0.1, 0.15) is 0 Å². The van der Waals surface area contributed by atoms with Crippen molar-refractivity contribution in [1.82, 2.24) is 10.2 Å². The smallest absolute Gasteiger partial charge is 0.0329 e. The molecule has 1 fully saturated rings. The third kappa shape index (κ3) is 3.80.